The van der Waals surface area contributed by atoms with Crippen LogP contribution in [0.3, 0.4) is 0 Å². The summed E-state index contributed by atoms with van der Waals surface area (Å²) in [4.78, 5) is 8.44. The van der Waals surface area contributed by atoms with Gasteiger partial charge in [0.2, 0.25) is 0 Å². The Hall–Kier alpha value is -2.90. The van der Waals surface area contributed by atoms with E-state index in [4.69, 9.17) is 0 Å². The molecule has 0 saturated heterocycles. The van der Waals surface area contributed by atoms with Crippen LogP contribution in [0.15, 0.2) is 36.5 Å². The zero-order valence-corrected chi connectivity index (χ0v) is 14.2. The van der Waals surface area contributed by atoms with E-state index < -0.39 is 11.9 Å². The molecule has 1 unspecified atom stereocenters. The van der Waals surface area contributed by atoms with Gasteiger partial charge < -0.3 is 0 Å². The number of aromatic nitrogens is 5. The van der Waals surface area contributed by atoms with E-state index in [0.29, 0.717) is 17.0 Å². The summed E-state index contributed by atoms with van der Waals surface area (Å²) >= 11 is 0. The number of benzene rings is 1. The standard InChI is InChI=1S/C18H16F3N5/c1-3-10(2)16-23-14-6-7-15(18(19,20)21)24-17(14)26(16)12-4-5-13-11(8-12)9-22-25-13/h4-10H,3H2,1-2H3,(H,22,25). The number of nitrogens with one attached hydrogen (secondary N) is 1. The first-order chi connectivity index (χ1) is 12.4. The first kappa shape index (κ1) is 16.6. The Bertz CT molecular complexity index is 1090. The van der Waals surface area contributed by atoms with Gasteiger partial charge in [0.1, 0.15) is 17.0 Å². The maximum absolute atomic E-state index is 13.1. The van der Waals surface area contributed by atoms with Gasteiger partial charge in [-0.15, -0.1) is 0 Å². The third-order valence-electron chi connectivity index (χ3n) is 4.56. The van der Waals surface area contributed by atoms with E-state index >= 15 is 0 Å². The highest BCUT2D eigenvalue weighted by atomic mass is 19.4. The lowest BCUT2D eigenvalue weighted by Gasteiger charge is -2.13. The molecular formula is C18H16F3N5. The molecule has 0 aliphatic carbocycles. The van der Waals surface area contributed by atoms with Crippen molar-refractivity contribution in [2.24, 2.45) is 0 Å². The minimum atomic E-state index is -4.51. The largest absolute Gasteiger partial charge is 0.433 e. The summed E-state index contributed by atoms with van der Waals surface area (Å²) in [5, 5.41) is 7.73. The van der Waals surface area contributed by atoms with Crippen molar-refractivity contribution in [1.29, 1.82) is 0 Å². The number of aromatic amines is 1. The van der Waals surface area contributed by atoms with Crippen molar-refractivity contribution in [1.82, 2.24) is 24.7 Å². The molecule has 3 heterocycles. The molecule has 4 rings (SSSR count). The Morgan fingerprint density at radius 2 is 1.96 bits per heavy atom. The molecule has 3 aromatic heterocycles. The third-order valence-corrected chi connectivity index (χ3v) is 4.56. The van der Waals surface area contributed by atoms with Crippen LogP contribution >= 0.6 is 0 Å². The van der Waals surface area contributed by atoms with Crippen molar-refractivity contribution in [3.05, 3.63) is 48.0 Å². The average molecular weight is 359 g/mol. The van der Waals surface area contributed by atoms with Crippen LogP contribution in [0, 0.1) is 0 Å². The van der Waals surface area contributed by atoms with Crippen LogP contribution in [0.2, 0.25) is 0 Å². The molecule has 5 nitrogen and oxygen atoms in total. The Balaban J connectivity index is 2.02. The summed E-state index contributed by atoms with van der Waals surface area (Å²) in [7, 11) is 0. The summed E-state index contributed by atoms with van der Waals surface area (Å²) in [6.45, 7) is 4.01. The number of hydrogen-bond donors (Lipinski definition) is 1. The molecule has 0 aliphatic rings. The number of imidazole rings is 1. The molecule has 0 saturated carbocycles. The topological polar surface area (TPSA) is 59.4 Å². The highest BCUT2D eigenvalue weighted by molar-refractivity contribution is 5.82. The van der Waals surface area contributed by atoms with Gasteiger partial charge in [-0.05, 0) is 36.8 Å². The normalized spacial score (nSPS) is 13.6. The van der Waals surface area contributed by atoms with E-state index in [0.717, 1.165) is 23.4 Å². The van der Waals surface area contributed by atoms with Gasteiger partial charge in [0, 0.05) is 17.0 Å². The van der Waals surface area contributed by atoms with E-state index in [1.807, 2.05) is 32.0 Å². The van der Waals surface area contributed by atoms with Crippen LogP contribution in [-0.2, 0) is 6.18 Å². The van der Waals surface area contributed by atoms with Crippen molar-refractivity contribution in [2.75, 3.05) is 0 Å². The third kappa shape index (κ3) is 2.61. The molecule has 0 bridgehead atoms. The number of nitrogens with zero attached hydrogens (tertiary/aromatic N) is 4. The van der Waals surface area contributed by atoms with Crippen molar-refractivity contribution in [3.8, 4) is 5.69 Å². The van der Waals surface area contributed by atoms with Gasteiger partial charge in [-0.25, -0.2) is 9.97 Å². The molecule has 1 N–H and O–H groups in total. The maximum Gasteiger partial charge on any atom is 0.433 e. The summed E-state index contributed by atoms with van der Waals surface area (Å²) in [6, 6.07) is 7.89. The lowest BCUT2D eigenvalue weighted by molar-refractivity contribution is -0.141. The highest BCUT2D eigenvalue weighted by Crippen LogP contribution is 2.32. The second-order valence-electron chi connectivity index (χ2n) is 6.29. The highest BCUT2D eigenvalue weighted by Gasteiger charge is 2.33. The summed E-state index contributed by atoms with van der Waals surface area (Å²) < 4.78 is 41.1. The van der Waals surface area contributed by atoms with Crippen LogP contribution < -0.4 is 0 Å². The number of hydrogen-bond acceptors (Lipinski definition) is 3. The molecular weight excluding hydrogens is 343 g/mol. The van der Waals surface area contributed by atoms with E-state index in [9.17, 15) is 13.2 Å². The molecule has 0 radical (unpaired) electrons. The number of H-pyrrole nitrogens is 1. The number of alkyl halides is 3. The van der Waals surface area contributed by atoms with Crippen molar-refractivity contribution in [3.63, 3.8) is 0 Å². The van der Waals surface area contributed by atoms with Gasteiger partial charge in [0.25, 0.3) is 0 Å². The first-order valence-electron chi connectivity index (χ1n) is 8.28. The maximum atomic E-state index is 13.1. The Morgan fingerprint density at radius 3 is 2.69 bits per heavy atom. The Morgan fingerprint density at radius 1 is 1.15 bits per heavy atom. The number of halogens is 3. The molecule has 4 aromatic rings. The van der Waals surface area contributed by atoms with Crippen LogP contribution in [-0.4, -0.2) is 24.7 Å². The molecule has 1 aromatic carbocycles. The van der Waals surface area contributed by atoms with Crippen LogP contribution in [0.25, 0.3) is 27.8 Å². The molecule has 0 spiro atoms. The second-order valence-corrected chi connectivity index (χ2v) is 6.29. The molecule has 0 fully saturated rings. The minimum Gasteiger partial charge on any atom is -0.280 e. The molecule has 0 aliphatic heterocycles. The smallest absolute Gasteiger partial charge is 0.280 e. The molecule has 134 valence electrons. The van der Waals surface area contributed by atoms with Gasteiger partial charge in [0.15, 0.2) is 5.65 Å². The number of fused-ring (bicyclic) bond motifs is 2. The van der Waals surface area contributed by atoms with Crippen LogP contribution in [0.4, 0.5) is 13.2 Å². The summed E-state index contributed by atoms with van der Waals surface area (Å²) in [6.07, 6.45) is -2.02. The molecule has 1 atom stereocenters. The lowest BCUT2D eigenvalue weighted by atomic mass is 10.1. The first-order valence-corrected chi connectivity index (χ1v) is 8.28. The Labute approximate surface area is 146 Å². The fraction of sp³-hybridized carbons (Fsp3) is 0.278. The minimum absolute atomic E-state index is 0.0681. The fourth-order valence-corrected chi connectivity index (χ4v) is 2.97. The quantitative estimate of drug-likeness (QED) is 0.570. The fourth-order valence-electron chi connectivity index (χ4n) is 2.97. The predicted octanol–water partition coefficient (Wildman–Crippen LogP) is 4.83. The zero-order valence-electron chi connectivity index (χ0n) is 14.2. The predicted molar refractivity (Wildman–Crippen MR) is 92.2 cm³/mol. The SMILES string of the molecule is CCC(C)c1nc2ccc(C(F)(F)F)nc2n1-c1ccc2[nH]ncc2c1. The van der Waals surface area contributed by atoms with Crippen molar-refractivity contribution in [2.45, 2.75) is 32.4 Å². The molecule has 26 heavy (non-hydrogen) atoms. The Kier molecular flexibility index (Phi) is 3.71. The van der Waals surface area contributed by atoms with E-state index in [-0.39, 0.29) is 11.6 Å². The van der Waals surface area contributed by atoms with Gasteiger partial charge >= 0.3 is 6.18 Å². The average Bonchev–Trinajstić information content (AvgIpc) is 3.22. The van der Waals surface area contributed by atoms with Crippen molar-refractivity contribution < 1.29 is 13.2 Å². The summed E-state index contributed by atoms with van der Waals surface area (Å²) in [5.74, 6) is 0.760. The van der Waals surface area contributed by atoms with E-state index in [1.165, 1.54) is 6.07 Å². The van der Waals surface area contributed by atoms with Crippen LogP contribution in [0.1, 0.15) is 37.7 Å². The number of pyridine rings is 1. The monoisotopic (exact) mass is 359 g/mol. The number of rotatable bonds is 3. The van der Waals surface area contributed by atoms with Crippen LogP contribution in [0.5, 0.6) is 0 Å². The van der Waals surface area contributed by atoms with Gasteiger partial charge in [0.05, 0.1) is 11.7 Å². The van der Waals surface area contributed by atoms with Gasteiger partial charge in [-0.3, -0.25) is 9.67 Å². The van der Waals surface area contributed by atoms with Crippen molar-refractivity contribution >= 4 is 22.1 Å². The summed E-state index contributed by atoms with van der Waals surface area (Å²) in [5.41, 5.74) is 1.29. The lowest BCUT2D eigenvalue weighted by Crippen LogP contribution is -2.09. The van der Waals surface area contributed by atoms with E-state index in [2.05, 4.69) is 20.2 Å². The van der Waals surface area contributed by atoms with Gasteiger partial charge in [-0.2, -0.15) is 18.3 Å². The van der Waals surface area contributed by atoms with Gasteiger partial charge in [-0.1, -0.05) is 13.8 Å². The molecule has 8 heteroatoms. The zero-order chi connectivity index (χ0) is 18.5. The molecule has 0 amide bonds. The van der Waals surface area contributed by atoms with E-state index in [1.54, 1.807) is 10.8 Å². The second kappa shape index (κ2) is 5.82.